The molecule has 21 heteroatoms. The van der Waals surface area contributed by atoms with Crippen molar-refractivity contribution in [2.45, 2.75) is 50.2 Å². The molecule has 18 nitrogen and oxygen atoms in total. The maximum atomic E-state index is 12.2. The summed E-state index contributed by atoms with van der Waals surface area (Å²) in [6.45, 7) is 3.86. The van der Waals surface area contributed by atoms with Crippen LogP contribution in [0.5, 0.6) is 0 Å². The molecule has 0 spiro atoms. The van der Waals surface area contributed by atoms with Gasteiger partial charge in [-0.15, -0.1) is 0 Å². The first-order valence-electron chi connectivity index (χ1n) is 9.45. The van der Waals surface area contributed by atoms with Crippen molar-refractivity contribution in [3.63, 3.8) is 0 Å². The highest BCUT2D eigenvalue weighted by Gasteiger charge is 2.73. The Balaban J connectivity index is 1.94. The first kappa shape index (κ1) is 28.2. The molecule has 8 N–H and O–H groups in total. The monoisotopic (exact) mass is 563 g/mol. The molecule has 6 atom stereocenters. The number of nitrogens with zero attached hydrogens (tertiary/aromatic N) is 4. The van der Waals surface area contributed by atoms with Crippen LogP contribution in [0.25, 0.3) is 11.2 Å². The van der Waals surface area contributed by atoms with Gasteiger partial charge in [-0.05, 0) is 27.7 Å². The zero-order chi connectivity index (χ0) is 26.9. The van der Waals surface area contributed by atoms with Gasteiger partial charge >= 0.3 is 23.5 Å². The van der Waals surface area contributed by atoms with E-state index in [0.29, 0.717) is 0 Å². The number of ether oxygens (including phenoxy) is 1. The largest absolute Gasteiger partial charge is 0.490 e. The van der Waals surface area contributed by atoms with Gasteiger partial charge in [0.15, 0.2) is 17.2 Å². The number of nitrogen functional groups attached to an aromatic ring is 1. The second-order valence-electron chi connectivity index (χ2n) is 8.37. The van der Waals surface area contributed by atoms with Crippen molar-refractivity contribution in [2.24, 2.45) is 0 Å². The van der Waals surface area contributed by atoms with E-state index in [1.54, 1.807) is 0 Å². The number of phosphoric ester groups is 1. The van der Waals surface area contributed by atoms with E-state index in [1.807, 2.05) is 0 Å². The van der Waals surface area contributed by atoms with Crippen LogP contribution in [-0.4, -0.2) is 72.7 Å². The fraction of sp³-hybridized carbons (Fsp3) is 0.643. The number of aliphatic hydroxyl groups is 2. The number of phosphoric acid groups is 3. The molecular formula is C14H24N5O13P3. The van der Waals surface area contributed by atoms with Crippen molar-refractivity contribution in [3.8, 4) is 0 Å². The van der Waals surface area contributed by atoms with Gasteiger partial charge in [0.1, 0.15) is 28.6 Å². The highest BCUT2D eigenvalue weighted by Crippen LogP contribution is 2.67. The second-order valence-corrected chi connectivity index (χ2v) is 12.8. The van der Waals surface area contributed by atoms with Crippen LogP contribution in [0.2, 0.25) is 0 Å². The van der Waals surface area contributed by atoms with Gasteiger partial charge < -0.3 is 40.3 Å². The van der Waals surface area contributed by atoms with Gasteiger partial charge in [0.2, 0.25) is 0 Å². The Morgan fingerprint density at radius 3 is 2.14 bits per heavy atom. The van der Waals surface area contributed by atoms with E-state index in [2.05, 4.69) is 28.1 Å². The molecule has 2 aromatic heterocycles. The lowest BCUT2D eigenvalue weighted by Crippen LogP contribution is -2.63. The standard InChI is InChI=1S/C14H24N5O13P3/c1-11(5-29-34(25,26)32-35(27,28)31-33(22,23)24)12(2,20)13(3,21)14(4,30-11)19-7-18-8-9(15)16-6-17-10(8)19/h6-7,20-21H,5H2,1-4H3,(H,25,26)(H,27,28)(H2,15,16,17)(H2,22,23,24)/t11-,12+,13?,14-/m1/s1. The van der Waals surface area contributed by atoms with E-state index >= 15 is 0 Å². The fourth-order valence-electron chi connectivity index (χ4n) is 3.73. The lowest BCUT2D eigenvalue weighted by atomic mass is 9.73. The lowest BCUT2D eigenvalue weighted by Gasteiger charge is -2.42. The number of imidazole rings is 1. The topological polar surface area (TPSA) is 279 Å². The van der Waals surface area contributed by atoms with Gasteiger partial charge in [0.05, 0.1) is 12.9 Å². The van der Waals surface area contributed by atoms with E-state index in [-0.39, 0.29) is 17.0 Å². The predicted molar refractivity (Wildman–Crippen MR) is 114 cm³/mol. The fourth-order valence-corrected chi connectivity index (χ4v) is 6.83. The summed E-state index contributed by atoms with van der Waals surface area (Å²) in [6, 6.07) is 0. The van der Waals surface area contributed by atoms with E-state index in [4.69, 9.17) is 20.3 Å². The molecule has 0 amide bonds. The normalized spacial score (nSPS) is 35.1. The number of aromatic nitrogens is 4. The molecule has 0 bridgehead atoms. The van der Waals surface area contributed by atoms with Crippen molar-refractivity contribution in [1.82, 2.24) is 19.5 Å². The summed E-state index contributed by atoms with van der Waals surface area (Å²) in [6.07, 6.45) is 2.35. The van der Waals surface area contributed by atoms with Crippen LogP contribution in [0.3, 0.4) is 0 Å². The zero-order valence-corrected chi connectivity index (χ0v) is 21.3. The number of hydrogen-bond acceptors (Lipinski definition) is 13. The SMILES string of the molecule is CC1(O)[C@](C)(n2cnc3c(N)ncnc32)O[C@](C)(COP(=O)(O)OP(=O)(O)OP(=O)(O)O)[C@]1(C)O. The molecule has 1 fully saturated rings. The second kappa shape index (κ2) is 8.33. The third-order valence-corrected chi connectivity index (χ3v) is 9.83. The van der Waals surface area contributed by atoms with Crippen molar-refractivity contribution in [2.75, 3.05) is 12.3 Å². The van der Waals surface area contributed by atoms with Crippen LogP contribution in [0.15, 0.2) is 12.7 Å². The van der Waals surface area contributed by atoms with E-state index < -0.39 is 52.6 Å². The zero-order valence-electron chi connectivity index (χ0n) is 18.6. The summed E-state index contributed by atoms with van der Waals surface area (Å²) < 4.78 is 53.8. The van der Waals surface area contributed by atoms with Gasteiger partial charge in [-0.1, -0.05) is 0 Å². The Morgan fingerprint density at radius 2 is 1.57 bits per heavy atom. The van der Waals surface area contributed by atoms with Crippen molar-refractivity contribution in [3.05, 3.63) is 12.7 Å². The summed E-state index contributed by atoms with van der Waals surface area (Å²) >= 11 is 0. The minimum absolute atomic E-state index is 0.0252. The number of nitrogens with two attached hydrogens (primary N) is 1. The summed E-state index contributed by atoms with van der Waals surface area (Å²) in [5.41, 5.74) is -2.24. The maximum absolute atomic E-state index is 12.2. The summed E-state index contributed by atoms with van der Waals surface area (Å²) in [5, 5.41) is 22.7. The Labute approximate surface area is 197 Å². The third-order valence-electron chi connectivity index (χ3n) is 6.05. The summed E-state index contributed by atoms with van der Waals surface area (Å²) in [7, 11) is -16.9. The van der Waals surface area contributed by atoms with E-state index in [9.17, 15) is 33.7 Å². The Bertz CT molecular complexity index is 1290. The van der Waals surface area contributed by atoms with Gasteiger partial charge in [0, 0.05) is 0 Å². The van der Waals surface area contributed by atoms with Crippen LogP contribution < -0.4 is 5.73 Å². The van der Waals surface area contributed by atoms with Gasteiger partial charge in [0.25, 0.3) is 0 Å². The van der Waals surface area contributed by atoms with Crippen LogP contribution in [0.1, 0.15) is 27.7 Å². The summed E-state index contributed by atoms with van der Waals surface area (Å²) in [4.78, 5) is 48.3. The van der Waals surface area contributed by atoms with E-state index in [1.165, 1.54) is 31.7 Å². The van der Waals surface area contributed by atoms with Crippen LogP contribution >= 0.6 is 23.5 Å². The maximum Gasteiger partial charge on any atom is 0.490 e. The van der Waals surface area contributed by atoms with Gasteiger partial charge in [-0.25, -0.2) is 28.6 Å². The summed E-state index contributed by atoms with van der Waals surface area (Å²) in [5.74, 6) is 0.0252. The third kappa shape index (κ3) is 4.83. The molecule has 1 saturated heterocycles. The van der Waals surface area contributed by atoms with Crippen molar-refractivity contribution < 1.29 is 61.4 Å². The van der Waals surface area contributed by atoms with Crippen LogP contribution in [0, 0.1) is 0 Å². The average Bonchev–Trinajstić information content (AvgIpc) is 3.12. The van der Waals surface area contributed by atoms with Gasteiger partial charge in [-0.2, -0.15) is 8.62 Å². The number of rotatable bonds is 8. The molecular weight excluding hydrogens is 539 g/mol. The molecule has 198 valence electrons. The van der Waals surface area contributed by atoms with Crippen LogP contribution in [-0.2, 0) is 37.3 Å². The lowest BCUT2D eigenvalue weighted by molar-refractivity contribution is -0.192. The average molecular weight is 563 g/mol. The molecule has 35 heavy (non-hydrogen) atoms. The molecule has 2 aromatic rings. The predicted octanol–water partition coefficient (Wildman–Crippen LogP) is -0.285. The number of fused-ring (bicyclic) bond motifs is 1. The van der Waals surface area contributed by atoms with Crippen molar-refractivity contribution >= 4 is 40.4 Å². The first-order valence-corrected chi connectivity index (χ1v) is 14.0. The van der Waals surface area contributed by atoms with Crippen LogP contribution in [0.4, 0.5) is 5.82 Å². The Hall–Kier alpha value is -1.36. The molecule has 0 saturated carbocycles. The molecule has 3 rings (SSSR count). The smallest absolute Gasteiger partial charge is 0.384 e. The molecule has 0 aliphatic carbocycles. The molecule has 0 aromatic carbocycles. The van der Waals surface area contributed by atoms with Crippen molar-refractivity contribution in [1.29, 1.82) is 0 Å². The molecule has 0 radical (unpaired) electrons. The number of anilines is 1. The quantitative estimate of drug-likeness (QED) is 0.203. The Kier molecular flexibility index (Phi) is 6.71. The molecule has 1 aliphatic rings. The molecule has 3 heterocycles. The highest BCUT2D eigenvalue weighted by atomic mass is 31.3. The highest BCUT2D eigenvalue weighted by molar-refractivity contribution is 7.66. The Morgan fingerprint density at radius 1 is 0.971 bits per heavy atom. The van der Waals surface area contributed by atoms with Gasteiger partial charge in [-0.3, -0.25) is 9.09 Å². The first-order chi connectivity index (χ1) is 15.6. The molecule has 1 aliphatic heterocycles. The minimum Gasteiger partial charge on any atom is -0.384 e. The molecule has 3 unspecified atom stereocenters. The van der Waals surface area contributed by atoms with E-state index in [0.717, 1.165) is 13.3 Å². The minimum atomic E-state index is -5.77. The number of hydrogen-bond donors (Lipinski definition) is 7.